The predicted octanol–water partition coefficient (Wildman–Crippen LogP) is 3.53. The number of pyridine rings is 1. The van der Waals surface area contributed by atoms with E-state index in [1.807, 2.05) is 67.0 Å². The van der Waals surface area contributed by atoms with E-state index in [1.165, 1.54) is 16.8 Å². The molecule has 0 saturated heterocycles. The first kappa shape index (κ1) is 18.6. The number of hydrogen-bond donors (Lipinski definition) is 1. The van der Waals surface area contributed by atoms with Crippen LogP contribution in [0.5, 0.6) is 0 Å². The Hall–Kier alpha value is -3.74. The topological polar surface area (TPSA) is 81.3 Å². The summed E-state index contributed by atoms with van der Waals surface area (Å²) in [6.45, 7) is 4.47. The number of anilines is 1. The molecule has 146 valence electrons. The van der Waals surface area contributed by atoms with Gasteiger partial charge < -0.3 is 9.72 Å². The van der Waals surface area contributed by atoms with Crippen molar-refractivity contribution >= 4 is 17.2 Å². The van der Waals surface area contributed by atoms with E-state index in [2.05, 4.69) is 15.4 Å². The summed E-state index contributed by atoms with van der Waals surface area (Å²) in [6.07, 6.45) is 4.73. The van der Waals surface area contributed by atoms with Gasteiger partial charge in [-0.1, -0.05) is 19.1 Å². The molecule has 0 atom stereocenters. The lowest BCUT2D eigenvalue weighted by Crippen LogP contribution is -2.26. The van der Waals surface area contributed by atoms with Crippen LogP contribution in [0.15, 0.2) is 65.7 Å². The quantitative estimate of drug-likeness (QED) is 0.568. The SMILES string of the molecule is CCCn1nc(C(=O)Nc2ccc(-c3cn4ccc(C)cc4n3)cc2)ccc1=O. The minimum atomic E-state index is -0.356. The second-order valence-corrected chi connectivity index (χ2v) is 6.91. The highest BCUT2D eigenvalue weighted by Gasteiger charge is 2.11. The van der Waals surface area contributed by atoms with Gasteiger partial charge in [-0.3, -0.25) is 9.59 Å². The minimum absolute atomic E-state index is 0.206. The normalized spacial score (nSPS) is 11.0. The maximum absolute atomic E-state index is 12.5. The molecule has 4 aromatic rings. The zero-order valence-corrected chi connectivity index (χ0v) is 16.3. The van der Waals surface area contributed by atoms with Crippen LogP contribution in [0.25, 0.3) is 16.9 Å². The summed E-state index contributed by atoms with van der Waals surface area (Å²) in [5.74, 6) is -0.356. The van der Waals surface area contributed by atoms with E-state index in [0.717, 1.165) is 28.9 Å². The van der Waals surface area contributed by atoms with Crippen LogP contribution < -0.4 is 10.9 Å². The molecule has 0 aliphatic heterocycles. The van der Waals surface area contributed by atoms with Gasteiger partial charge in [0.1, 0.15) is 11.3 Å². The van der Waals surface area contributed by atoms with Gasteiger partial charge in [0, 0.05) is 36.3 Å². The van der Waals surface area contributed by atoms with Gasteiger partial charge >= 0.3 is 0 Å². The fraction of sp³-hybridized carbons (Fsp3) is 0.182. The Balaban J connectivity index is 1.52. The van der Waals surface area contributed by atoms with Gasteiger partial charge in [-0.05, 0) is 49.2 Å². The van der Waals surface area contributed by atoms with Gasteiger partial charge in [0.2, 0.25) is 0 Å². The van der Waals surface area contributed by atoms with E-state index < -0.39 is 0 Å². The molecular formula is C22H21N5O2. The van der Waals surface area contributed by atoms with Crippen LogP contribution in [-0.2, 0) is 6.54 Å². The maximum atomic E-state index is 12.5. The number of aryl methyl sites for hydroxylation is 2. The molecule has 0 unspecified atom stereocenters. The maximum Gasteiger partial charge on any atom is 0.276 e. The monoisotopic (exact) mass is 387 g/mol. The third kappa shape index (κ3) is 3.94. The fourth-order valence-corrected chi connectivity index (χ4v) is 3.08. The molecule has 1 amide bonds. The van der Waals surface area contributed by atoms with Crippen molar-refractivity contribution in [2.75, 3.05) is 5.32 Å². The van der Waals surface area contributed by atoms with E-state index in [-0.39, 0.29) is 17.2 Å². The van der Waals surface area contributed by atoms with Gasteiger partial charge in [-0.2, -0.15) is 5.10 Å². The molecule has 1 N–H and O–H groups in total. The third-order valence-electron chi connectivity index (χ3n) is 4.59. The number of benzene rings is 1. The van der Waals surface area contributed by atoms with Crippen molar-refractivity contribution in [2.45, 2.75) is 26.8 Å². The molecule has 29 heavy (non-hydrogen) atoms. The Kier molecular flexibility index (Phi) is 4.95. The molecule has 3 heterocycles. The van der Waals surface area contributed by atoms with Gasteiger partial charge in [0.25, 0.3) is 11.5 Å². The standard InChI is InChI=1S/C22H21N5O2/c1-3-11-27-21(28)9-8-18(25-27)22(29)23-17-6-4-16(5-7-17)19-14-26-12-10-15(2)13-20(26)24-19/h4-10,12-14H,3,11H2,1-2H3,(H,23,29). The first-order chi connectivity index (χ1) is 14.0. The Bertz CT molecular complexity index is 1240. The molecule has 0 bridgehead atoms. The summed E-state index contributed by atoms with van der Waals surface area (Å²) >= 11 is 0. The second kappa shape index (κ2) is 7.71. The Labute approximate surface area is 167 Å². The predicted molar refractivity (Wildman–Crippen MR) is 112 cm³/mol. The lowest BCUT2D eigenvalue weighted by atomic mass is 10.1. The van der Waals surface area contributed by atoms with Crippen molar-refractivity contribution in [1.29, 1.82) is 0 Å². The van der Waals surface area contributed by atoms with Gasteiger partial charge in [0.05, 0.1) is 5.69 Å². The lowest BCUT2D eigenvalue weighted by molar-refractivity contribution is 0.101. The molecule has 3 aromatic heterocycles. The molecular weight excluding hydrogens is 366 g/mol. The van der Waals surface area contributed by atoms with Crippen molar-refractivity contribution in [3.63, 3.8) is 0 Å². The number of hydrogen-bond acceptors (Lipinski definition) is 4. The molecule has 0 spiro atoms. The number of nitrogens with zero attached hydrogens (tertiary/aromatic N) is 4. The molecule has 0 aliphatic rings. The van der Waals surface area contributed by atoms with E-state index in [1.54, 1.807) is 0 Å². The Morgan fingerprint density at radius 1 is 1.10 bits per heavy atom. The summed E-state index contributed by atoms with van der Waals surface area (Å²) in [5, 5.41) is 6.95. The van der Waals surface area contributed by atoms with Crippen LogP contribution in [0, 0.1) is 6.92 Å². The highest BCUT2D eigenvalue weighted by molar-refractivity contribution is 6.02. The van der Waals surface area contributed by atoms with Crippen LogP contribution in [0.2, 0.25) is 0 Å². The second-order valence-electron chi connectivity index (χ2n) is 6.91. The summed E-state index contributed by atoms with van der Waals surface area (Å²) in [7, 11) is 0. The first-order valence-electron chi connectivity index (χ1n) is 9.49. The smallest absolute Gasteiger partial charge is 0.276 e. The average Bonchev–Trinajstić information content (AvgIpc) is 3.13. The first-order valence-corrected chi connectivity index (χ1v) is 9.49. The van der Waals surface area contributed by atoms with Crippen LogP contribution in [0.1, 0.15) is 29.4 Å². The molecule has 0 radical (unpaired) electrons. The summed E-state index contributed by atoms with van der Waals surface area (Å²) in [4.78, 5) is 28.9. The number of amides is 1. The average molecular weight is 387 g/mol. The number of aromatic nitrogens is 4. The van der Waals surface area contributed by atoms with Gasteiger partial charge in [0.15, 0.2) is 0 Å². The summed E-state index contributed by atoms with van der Waals surface area (Å²) in [6, 6.07) is 14.3. The van der Waals surface area contributed by atoms with Crippen LogP contribution in [-0.4, -0.2) is 25.1 Å². The van der Waals surface area contributed by atoms with E-state index in [0.29, 0.717) is 12.2 Å². The molecule has 7 heteroatoms. The number of carbonyl (C=O) groups excluding carboxylic acids is 1. The highest BCUT2D eigenvalue weighted by atomic mass is 16.2. The molecule has 0 saturated carbocycles. The van der Waals surface area contributed by atoms with E-state index in [4.69, 9.17) is 0 Å². The zero-order valence-electron chi connectivity index (χ0n) is 16.3. The highest BCUT2D eigenvalue weighted by Crippen LogP contribution is 2.22. The van der Waals surface area contributed by atoms with Crippen molar-refractivity contribution in [1.82, 2.24) is 19.2 Å². The van der Waals surface area contributed by atoms with Crippen LogP contribution in [0.3, 0.4) is 0 Å². The zero-order chi connectivity index (χ0) is 20.4. The Morgan fingerprint density at radius 2 is 1.90 bits per heavy atom. The molecule has 7 nitrogen and oxygen atoms in total. The summed E-state index contributed by atoms with van der Waals surface area (Å²) < 4.78 is 3.29. The molecule has 0 aliphatic carbocycles. The number of carbonyl (C=O) groups is 1. The van der Waals surface area contributed by atoms with E-state index in [9.17, 15) is 9.59 Å². The van der Waals surface area contributed by atoms with Crippen molar-refractivity contribution in [3.8, 4) is 11.3 Å². The fourth-order valence-electron chi connectivity index (χ4n) is 3.08. The van der Waals surface area contributed by atoms with Crippen molar-refractivity contribution in [3.05, 3.63) is 82.5 Å². The minimum Gasteiger partial charge on any atom is -0.321 e. The lowest BCUT2D eigenvalue weighted by Gasteiger charge is -2.07. The molecule has 0 fully saturated rings. The number of fused-ring (bicyclic) bond motifs is 1. The van der Waals surface area contributed by atoms with Crippen molar-refractivity contribution < 1.29 is 4.79 Å². The molecule has 4 rings (SSSR count). The molecule has 1 aromatic carbocycles. The van der Waals surface area contributed by atoms with Gasteiger partial charge in [-0.25, -0.2) is 9.67 Å². The third-order valence-corrected chi connectivity index (χ3v) is 4.59. The van der Waals surface area contributed by atoms with Gasteiger partial charge in [-0.15, -0.1) is 0 Å². The van der Waals surface area contributed by atoms with Crippen LogP contribution >= 0.6 is 0 Å². The van der Waals surface area contributed by atoms with Crippen LogP contribution in [0.4, 0.5) is 5.69 Å². The van der Waals surface area contributed by atoms with E-state index >= 15 is 0 Å². The summed E-state index contributed by atoms with van der Waals surface area (Å²) in [5.41, 5.74) is 4.51. The van der Waals surface area contributed by atoms with Crippen molar-refractivity contribution in [2.24, 2.45) is 0 Å². The number of imidazole rings is 1. The Morgan fingerprint density at radius 3 is 2.66 bits per heavy atom. The number of nitrogens with one attached hydrogen (secondary N) is 1. The largest absolute Gasteiger partial charge is 0.321 e. The number of rotatable bonds is 5.